The van der Waals surface area contributed by atoms with Gasteiger partial charge in [-0.2, -0.15) is 5.26 Å². The Balaban J connectivity index is 1.66. The number of benzene rings is 3. The first-order valence-corrected chi connectivity index (χ1v) is 8.53. The van der Waals surface area contributed by atoms with E-state index in [1.807, 2.05) is 36.4 Å². The van der Waals surface area contributed by atoms with Crippen LogP contribution in [0.1, 0.15) is 15.9 Å². The zero-order valence-electron chi connectivity index (χ0n) is 15.5. The van der Waals surface area contributed by atoms with Gasteiger partial charge in [0.25, 0.3) is 5.91 Å². The maximum Gasteiger partial charge on any atom is 0.255 e. The summed E-state index contributed by atoms with van der Waals surface area (Å²) in [5.41, 5.74) is 3.50. The maximum atomic E-state index is 12.5. The first kappa shape index (κ1) is 18.8. The molecule has 0 aliphatic rings. The van der Waals surface area contributed by atoms with Crippen LogP contribution in [0.3, 0.4) is 0 Å². The van der Waals surface area contributed by atoms with Crippen molar-refractivity contribution in [2.75, 3.05) is 24.9 Å². The molecule has 2 N–H and O–H groups in total. The molecule has 0 fully saturated rings. The quantitative estimate of drug-likeness (QED) is 0.661. The van der Waals surface area contributed by atoms with E-state index in [1.54, 1.807) is 37.4 Å². The van der Waals surface area contributed by atoms with Crippen LogP contribution in [0.2, 0.25) is 0 Å². The highest BCUT2D eigenvalue weighted by Gasteiger charge is 2.11. The molecule has 0 atom stereocenters. The second kappa shape index (κ2) is 8.60. The van der Waals surface area contributed by atoms with Crippen LogP contribution >= 0.6 is 0 Å². The number of hydrogen-bond acceptors (Lipinski definition) is 5. The van der Waals surface area contributed by atoms with Crippen molar-refractivity contribution in [3.63, 3.8) is 0 Å². The molecular weight excluding hydrogens is 354 g/mol. The van der Waals surface area contributed by atoms with Crippen molar-refractivity contribution in [1.29, 1.82) is 5.26 Å². The molecule has 0 heterocycles. The highest BCUT2D eigenvalue weighted by Crippen LogP contribution is 2.28. The molecule has 3 aromatic rings. The third kappa shape index (κ3) is 4.40. The molecule has 0 unspecified atom stereocenters. The average Bonchev–Trinajstić information content (AvgIpc) is 2.75. The Hall–Kier alpha value is -3.98. The number of amides is 1. The number of rotatable bonds is 6. The molecule has 0 aliphatic carbocycles. The minimum Gasteiger partial charge on any atom is -0.493 e. The van der Waals surface area contributed by atoms with Gasteiger partial charge in [-0.3, -0.25) is 4.79 Å². The summed E-state index contributed by atoms with van der Waals surface area (Å²) in [6.07, 6.45) is 0. The molecule has 0 saturated heterocycles. The molecule has 6 heteroatoms. The molecule has 3 rings (SSSR count). The number of carbonyl (C=O) groups excluding carboxylic acids is 1. The monoisotopic (exact) mass is 373 g/mol. The summed E-state index contributed by atoms with van der Waals surface area (Å²) in [7, 11) is 3.07. The Kier molecular flexibility index (Phi) is 5.78. The van der Waals surface area contributed by atoms with Crippen LogP contribution in [0.4, 0.5) is 17.1 Å². The van der Waals surface area contributed by atoms with Crippen LogP contribution in [-0.2, 0) is 0 Å². The summed E-state index contributed by atoms with van der Waals surface area (Å²) in [4.78, 5) is 12.5. The Labute approximate surface area is 163 Å². The normalized spacial score (nSPS) is 9.89. The summed E-state index contributed by atoms with van der Waals surface area (Å²) < 4.78 is 10.4. The largest absolute Gasteiger partial charge is 0.493 e. The van der Waals surface area contributed by atoms with Crippen LogP contribution in [0.25, 0.3) is 0 Å². The number of anilines is 3. The van der Waals surface area contributed by atoms with Crippen molar-refractivity contribution in [3.8, 4) is 17.6 Å². The van der Waals surface area contributed by atoms with Gasteiger partial charge >= 0.3 is 0 Å². The first-order valence-electron chi connectivity index (χ1n) is 8.53. The summed E-state index contributed by atoms with van der Waals surface area (Å²) in [6, 6.07) is 21.6. The zero-order valence-corrected chi connectivity index (χ0v) is 15.5. The molecule has 3 aromatic carbocycles. The van der Waals surface area contributed by atoms with E-state index >= 15 is 0 Å². The highest BCUT2D eigenvalue weighted by atomic mass is 16.5. The molecule has 140 valence electrons. The van der Waals surface area contributed by atoms with Gasteiger partial charge in [0.05, 0.1) is 25.9 Å². The van der Waals surface area contributed by atoms with Crippen molar-refractivity contribution >= 4 is 23.0 Å². The molecular formula is C22H19N3O3. The SMILES string of the molecule is COc1ccc(C(=O)Nc2ccc(Nc3ccc(C#N)cc3)cc2)cc1OC. The molecule has 0 spiro atoms. The molecule has 0 bridgehead atoms. The molecule has 6 nitrogen and oxygen atoms in total. The van der Waals surface area contributed by atoms with Gasteiger partial charge in [-0.15, -0.1) is 0 Å². The van der Waals surface area contributed by atoms with Crippen molar-refractivity contribution in [2.45, 2.75) is 0 Å². The van der Waals surface area contributed by atoms with Gasteiger partial charge in [-0.05, 0) is 66.7 Å². The Bertz CT molecular complexity index is 1010. The fraction of sp³-hybridized carbons (Fsp3) is 0.0909. The van der Waals surface area contributed by atoms with E-state index in [2.05, 4.69) is 16.7 Å². The Morgan fingerprint density at radius 2 is 1.39 bits per heavy atom. The lowest BCUT2D eigenvalue weighted by Crippen LogP contribution is -2.12. The predicted octanol–water partition coefficient (Wildman–Crippen LogP) is 4.57. The maximum absolute atomic E-state index is 12.5. The second-order valence-corrected chi connectivity index (χ2v) is 5.92. The number of nitrogens with one attached hydrogen (secondary N) is 2. The van der Waals surface area contributed by atoms with Gasteiger partial charge < -0.3 is 20.1 Å². The summed E-state index contributed by atoms with van der Waals surface area (Å²) >= 11 is 0. The van der Waals surface area contributed by atoms with E-state index in [1.165, 1.54) is 7.11 Å². The Morgan fingerprint density at radius 1 is 0.821 bits per heavy atom. The van der Waals surface area contributed by atoms with Gasteiger partial charge in [0.15, 0.2) is 11.5 Å². The van der Waals surface area contributed by atoms with E-state index in [0.717, 1.165) is 11.4 Å². The number of nitriles is 1. The van der Waals surface area contributed by atoms with Crippen molar-refractivity contribution in [1.82, 2.24) is 0 Å². The van der Waals surface area contributed by atoms with Gasteiger partial charge in [0, 0.05) is 22.6 Å². The molecule has 28 heavy (non-hydrogen) atoms. The van der Waals surface area contributed by atoms with Crippen LogP contribution in [0, 0.1) is 11.3 Å². The lowest BCUT2D eigenvalue weighted by Gasteiger charge is -2.11. The molecule has 1 amide bonds. The fourth-order valence-corrected chi connectivity index (χ4v) is 2.61. The van der Waals surface area contributed by atoms with Crippen LogP contribution in [0.15, 0.2) is 66.7 Å². The van der Waals surface area contributed by atoms with Crippen molar-refractivity contribution < 1.29 is 14.3 Å². The average molecular weight is 373 g/mol. The van der Waals surface area contributed by atoms with Crippen molar-refractivity contribution in [2.24, 2.45) is 0 Å². The van der Waals surface area contributed by atoms with Crippen molar-refractivity contribution in [3.05, 3.63) is 77.9 Å². The molecule has 0 saturated carbocycles. The zero-order chi connectivity index (χ0) is 19.9. The number of methoxy groups -OCH3 is 2. The third-order valence-corrected chi connectivity index (χ3v) is 4.09. The van der Waals surface area contributed by atoms with Gasteiger partial charge in [0.2, 0.25) is 0 Å². The van der Waals surface area contributed by atoms with E-state index in [-0.39, 0.29) is 5.91 Å². The lowest BCUT2D eigenvalue weighted by atomic mass is 10.1. The minimum absolute atomic E-state index is 0.242. The fourth-order valence-electron chi connectivity index (χ4n) is 2.61. The standard InChI is InChI=1S/C22H19N3O3/c1-27-20-12-5-16(13-21(20)28-2)22(26)25-19-10-8-18(9-11-19)24-17-6-3-15(14-23)4-7-17/h3-13,24H,1-2H3,(H,25,26). The number of hydrogen-bond donors (Lipinski definition) is 2. The first-order chi connectivity index (χ1) is 13.6. The smallest absolute Gasteiger partial charge is 0.255 e. The van der Waals surface area contributed by atoms with Gasteiger partial charge in [0.1, 0.15) is 0 Å². The van der Waals surface area contributed by atoms with Gasteiger partial charge in [-0.25, -0.2) is 0 Å². The molecule has 0 radical (unpaired) electrons. The van der Waals surface area contributed by atoms with Gasteiger partial charge in [-0.1, -0.05) is 0 Å². The van der Waals surface area contributed by atoms with E-state index < -0.39 is 0 Å². The highest BCUT2D eigenvalue weighted by molar-refractivity contribution is 6.04. The minimum atomic E-state index is -0.242. The van der Waals surface area contributed by atoms with E-state index in [0.29, 0.717) is 28.3 Å². The Morgan fingerprint density at radius 3 is 1.96 bits per heavy atom. The van der Waals surface area contributed by atoms with Crippen LogP contribution < -0.4 is 20.1 Å². The summed E-state index contributed by atoms with van der Waals surface area (Å²) in [6.45, 7) is 0. The van der Waals surface area contributed by atoms with Crippen LogP contribution in [-0.4, -0.2) is 20.1 Å². The second-order valence-electron chi connectivity index (χ2n) is 5.92. The molecule has 0 aromatic heterocycles. The number of ether oxygens (including phenoxy) is 2. The predicted molar refractivity (Wildman–Crippen MR) is 108 cm³/mol. The van der Waals surface area contributed by atoms with E-state index in [9.17, 15) is 4.79 Å². The summed E-state index contributed by atoms with van der Waals surface area (Å²) in [5.74, 6) is 0.822. The summed E-state index contributed by atoms with van der Waals surface area (Å²) in [5, 5.41) is 14.9. The molecule has 0 aliphatic heterocycles. The van der Waals surface area contributed by atoms with Crippen LogP contribution in [0.5, 0.6) is 11.5 Å². The number of nitrogens with zero attached hydrogens (tertiary/aromatic N) is 1. The number of carbonyl (C=O) groups is 1. The third-order valence-electron chi connectivity index (χ3n) is 4.09. The topological polar surface area (TPSA) is 83.4 Å². The lowest BCUT2D eigenvalue weighted by molar-refractivity contribution is 0.102. The van der Waals surface area contributed by atoms with E-state index in [4.69, 9.17) is 14.7 Å².